The van der Waals surface area contributed by atoms with Crippen LogP contribution in [0.3, 0.4) is 0 Å². The van der Waals surface area contributed by atoms with Crippen molar-refractivity contribution in [1.82, 2.24) is 14.5 Å². The third kappa shape index (κ3) is 8.22. The van der Waals surface area contributed by atoms with Gasteiger partial charge in [-0.25, -0.2) is 0 Å². The zero-order valence-corrected chi connectivity index (χ0v) is 37.2. The zero-order valence-electron chi connectivity index (χ0n) is 32.7. The molecule has 6 heteroatoms. The Morgan fingerprint density at radius 2 is 1.39 bits per heavy atom. The average Bonchev–Trinajstić information content (AvgIpc) is 3.77. The van der Waals surface area contributed by atoms with E-state index in [9.17, 15) is 0 Å². The van der Waals surface area contributed by atoms with Gasteiger partial charge in [-0.1, -0.05) is 83.7 Å². The van der Waals surface area contributed by atoms with E-state index in [1.807, 2.05) is 66.7 Å². The number of nitrogens with zero attached hydrogens (tertiary/aromatic N) is 3. The van der Waals surface area contributed by atoms with Crippen molar-refractivity contribution in [3.63, 3.8) is 0 Å². The van der Waals surface area contributed by atoms with Crippen LogP contribution >= 0.6 is 0 Å². The Morgan fingerprint density at radius 3 is 2.12 bits per heavy atom. The predicted octanol–water partition coefficient (Wildman–Crippen LogP) is 12.7. The van der Waals surface area contributed by atoms with Crippen LogP contribution < -0.4 is 4.40 Å². The second-order valence-corrected chi connectivity index (χ2v) is 26.9. The number of rotatable bonds is 6. The summed E-state index contributed by atoms with van der Waals surface area (Å²) in [7, 11) is 0. The van der Waals surface area contributed by atoms with E-state index in [2.05, 4.69) is 140 Å². The molecule has 9 rings (SSSR count). The maximum Gasteiger partial charge on any atom is 0.120 e. The van der Waals surface area contributed by atoms with E-state index in [0.29, 0.717) is 5.41 Å². The smallest absolute Gasteiger partial charge is 0.120 e. The van der Waals surface area contributed by atoms with Gasteiger partial charge in [-0.3, -0.25) is 4.98 Å². The standard InChI is InChI=1S/C31H19N2O.C19H26GeN.Ir/c1-2-9-21(10-3-1)22-17-19-23(20-18-22)33-28-15-6-5-14-27(28)32-31(33)26-13-8-12-25-24-11-4-7-16-29(24)34-30(25)26;1-19(2,3)13-16-12-18(15-10-8-7-9-11-15)21-14-17(16)20(4,5)6;/h1-12,14-20H;7-10,12,14H,13H2,1-6H3;/q2*-1;. The van der Waals surface area contributed by atoms with E-state index >= 15 is 0 Å². The first-order chi connectivity index (χ1) is 26.5. The van der Waals surface area contributed by atoms with E-state index in [4.69, 9.17) is 14.4 Å². The van der Waals surface area contributed by atoms with Gasteiger partial charge in [0.25, 0.3) is 0 Å². The van der Waals surface area contributed by atoms with Gasteiger partial charge in [0.15, 0.2) is 0 Å². The quantitative estimate of drug-likeness (QED) is 0.123. The van der Waals surface area contributed by atoms with Gasteiger partial charge >= 0.3 is 132 Å². The molecule has 0 saturated heterocycles. The van der Waals surface area contributed by atoms with Crippen LogP contribution in [0.4, 0.5) is 0 Å². The summed E-state index contributed by atoms with van der Waals surface area (Å²) in [5.74, 6) is 8.14. The largest absolute Gasteiger partial charge is 0.501 e. The van der Waals surface area contributed by atoms with E-state index in [1.54, 1.807) is 0 Å². The third-order valence-corrected chi connectivity index (χ3v) is 14.2. The monoisotopic (exact) mass is 970 g/mol. The number of para-hydroxylation sites is 3. The molecule has 0 aliphatic carbocycles. The Bertz CT molecular complexity index is 2740. The molecule has 0 unspecified atom stereocenters. The van der Waals surface area contributed by atoms with Gasteiger partial charge in [-0.15, -0.1) is 18.2 Å². The molecule has 0 fully saturated rings. The van der Waals surface area contributed by atoms with Crippen LogP contribution in [0.25, 0.3) is 72.4 Å². The Balaban J connectivity index is 0.000000190. The Morgan fingerprint density at radius 1 is 0.696 bits per heavy atom. The van der Waals surface area contributed by atoms with Gasteiger partial charge in [0, 0.05) is 31.2 Å². The molecule has 0 N–H and O–H groups in total. The van der Waals surface area contributed by atoms with Crippen LogP contribution in [0, 0.1) is 17.5 Å². The molecule has 0 spiro atoms. The van der Waals surface area contributed by atoms with Crippen LogP contribution in [0.2, 0.25) is 17.3 Å². The molecule has 6 aromatic carbocycles. The van der Waals surface area contributed by atoms with Gasteiger partial charge < -0.3 is 8.98 Å². The normalized spacial score (nSPS) is 11.7. The topological polar surface area (TPSA) is 43.9 Å². The summed E-state index contributed by atoms with van der Waals surface area (Å²) in [5, 5.41) is 2.17. The number of furan rings is 1. The summed E-state index contributed by atoms with van der Waals surface area (Å²) in [6.07, 6.45) is 3.24. The van der Waals surface area contributed by atoms with Gasteiger partial charge in [-0.05, 0) is 41.5 Å². The minimum absolute atomic E-state index is 0. The van der Waals surface area contributed by atoms with Crippen molar-refractivity contribution in [3.8, 4) is 39.5 Å². The van der Waals surface area contributed by atoms with Crippen molar-refractivity contribution >= 4 is 50.6 Å². The predicted molar refractivity (Wildman–Crippen MR) is 233 cm³/mol. The van der Waals surface area contributed by atoms with Crippen molar-refractivity contribution in [3.05, 3.63) is 169 Å². The summed E-state index contributed by atoms with van der Waals surface area (Å²) in [4.78, 5) is 9.75. The number of aromatic nitrogens is 3. The van der Waals surface area contributed by atoms with Crippen LogP contribution in [0.5, 0.6) is 0 Å². The number of hydrogen-bond acceptors (Lipinski definition) is 3. The van der Waals surface area contributed by atoms with E-state index in [0.717, 1.165) is 67.7 Å². The molecule has 0 atom stereocenters. The van der Waals surface area contributed by atoms with Gasteiger partial charge in [0.2, 0.25) is 0 Å². The van der Waals surface area contributed by atoms with Crippen molar-refractivity contribution in [2.75, 3.05) is 0 Å². The van der Waals surface area contributed by atoms with Crippen molar-refractivity contribution in [1.29, 1.82) is 0 Å². The SMILES string of the molecule is CC(C)(C)Cc1cc(-c2[c-]cccc2)nc[c]1[Ge]([CH3])([CH3])[CH3].[Ir].[c-]1ccc2c(oc3ccccc32)c1-c1nc2ccccc2n1-c1ccc(-c2ccccc2)cc1. The van der Waals surface area contributed by atoms with Crippen molar-refractivity contribution < 1.29 is 24.5 Å². The fourth-order valence-electron chi connectivity index (χ4n) is 7.34. The molecule has 0 saturated carbocycles. The van der Waals surface area contributed by atoms with Gasteiger partial charge in [0.05, 0.1) is 22.4 Å². The molecule has 1 radical (unpaired) electrons. The first kappa shape index (κ1) is 39.2. The molecule has 0 amide bonds. The second-order valence-electron chi connectivity index (χ2n) is 16.4. The molecular weight excluding hydrogens is 923 g/mol. The molecule has 281 valence electrons. The van der Waals surface area contributed by atoms with Gasteiger partial charge in [0.1, 0.15) is 5.58 Å². The van der Waals surface area contributed by atoms with Crippen LogP contribution in [0.1, 0.15) is 26.3 Å². The summed E-state index contributed by atoms with van der Waals surface area (Å²) in [6, 6.07) is 56.5. The second kappa shape index (κ2) is 16.2. The van der Waals surface area contributed by atoms with Gasteiger partial charge in [-0.2, -0.15) is 0 Å². The minimum atomic E-state index is -1.90. The summed E-state index contributed by atoms with van der Waals surface area (Å²) >= 11 is -1.90. The summed E-state index contributed by atoms with van der Waals surface area (Å²) < 4.78 is 10.0. The fraction of sp³-hybridized carbons (Fsp3) is 0.160. The molecule has 0 bridgehead atoms. The maximum absolute atomic E-state index is 6.32. The molecule has 4 nitrogen and oxygen atoms in total. The summed E-state index contributed by atoms with van der Waals surface area (Å²) in [5.41, 5.74) is 11.9. The Labute approximate surface area is 346 Å². The number of hydrogen-bond donors (Lipinski definition) is 0. The number of benzene rings is 6. The Hall–Kier alpha value is -5.07. The third-order valence-electron chi connectivity index (χ3n) is 9.86. The molecule has 0 aliphatic rings. The van der Waals surface area contributed by atoms with Crippen LogP contribution in [0.15, 0.2) is 156 Å². The fourth-order valence-corrected chi connectivity index (χ4v) is 10.6. The first-order valence-corrected chi connectivity index (χ1v) is 26.3. The molecule has 3 aromatic heterocycles. The Kier molecular flexibility index (Phi) is 11.3. The molecular formula is C50H45GeIrN3O-2. The molecule has 9 aromatic rings. The maximum atomic E-state index is 6.32. The van der Waals surface area contributed by atoms with Crippen LogP contribution in [-0.2, 0) is 26.5 Å². The van der Waals surface area contributed by atoms with E-state index < -0.39 is 13.3 Å². The number of pyridine rings is 1. The number of imidazole rings is 1. The zero-order chi connectivity index (χ0) is 38.2. The van der Waals surface area contributed by atoms with Crippen molar-refractivity contribution in [2.45, 2.75) is 44.5 Å². The van der Waals surface area contributed by atoms with E-state index in [1.165, 1.54) is 21.1 Å². The van der Waals surface area contributed by atoms with Crippen LogP contribution in [-0.4, -0.2) is 27.8 Å². The van der Waals surface area contributed by atoms with Crippen molar-refractivity contribution in [2.24, 2.45) is 5.41 Å². The first-order valence-electron chi connectivity index (χ1n) is 19.0. The van der Waals surface area contributed by atoms with E-state index in [-0.39, 0.29) is 20.1 Å². The number of fused-ring (bicyclic) bond motifs is 4. The molecule has 0 aliphatic heterocycles. The molecule has 3 heterocycles. The average molecular weight is 969 g/mol. The molecule has 56 heavy (non-hydrogen) atoms. The summed E-state index contributed by atoms with van der Waals surface area (Å²) in [6.45, 7) is 6.92. The minimum Gasteiger partial charge on any atom is -0.501 e.